The minimum Gasteiger partial charge on any atom is -0.491 e. The van der Waals surface area contributed by atoms with Gasteiger partial charge in [0.1, 0.15) is 6.54 Å². The van der Waals surface area contributed by atoms with Crippen LogP contribution in [-0.2, 0) is 16.1 Å². The summed E-state index contributed by atoms with van der Waals surface area (Å²) in [7, 11) is 3.18. The number of carbonyl (C=O) groups excluding carboxylic acids is 1. The third kappa shape index (κ3) is 4.07. The summed E-state index contributed by atoms with van der Waals surface area (Å²) in [4.78, 5) is 25.8. The lowest BCUT2D eigenvalue weighted by Gasteiger charge is -2.27. The van der Waals surface area contributed by atoms with Gasteiger partial charge in [-0.25, -0.2) is 0 Å². The molecular weight excluding hydrogens is 272 g/mol. The van der Waals surface area contributed by atoms with Gasteiger partial charge >= 0.3 is 0 Å². The number of methoxy groups -OCH3 is 1. The zero-order valence-corrected chi connectivity index (χ0v) is 12.6. The summed E-state index contributed by atoms with van der Waals surface area (Å²) in [6.45, 7) is 1.35. The molecule has 0 spiro atoms. The Morgan fingerprint density at radius 2 is 2.33 bits per heavy atom. The van der Waals surface area contributed by atoms with Gasteiger partial charge in [0.15, 0.2) is 5.75 Å². The van der Waals surface area contributed by atoms with Crippen LogP contribution < -0.4 is 10.3 Å². The van der Waals surface area contributed by atoms with E-state index in [2.05, 4.69) is 0 Å². The molecule has 21 heavy (non-hydrogen) atoms. The van der Waals surface area contributed by atoms with Crippen molar-refractivity contribution in [1.82, 2.24) is 9.47 Å². The number of hydrogen-bond acceptors (Lipinski definition) is 4. The van der Waals surface area contributed by atoms with Crippen LogP contribution in [0.3, 0.4) is 0 Å². The van der Waals surface area contributed by atoms with Crippen LogP contribution in [0, 0.1) is 0 Å². The van der Waals surface area contributed by atoms with Gasteiger partial charge in [0.25, 0.3) is 5.56 Å². The lowest BCUT2D eigenvalue weighted by atomic mass is 10.1. The van der Waals surface area contributed by atoms with Gasteiger partial charge in [-0.3, -0.25) is 9.59 Å². The number of carbonyl (C=O) groups is 1. The monoisotopic (exact) mass is 294 g/mol. The summed E-state index contributed by atoms with van der Waals surface area (Å²) in [5.41, 5.74) is -0.296. The molecule has 0 aliphatic carbocycles. The first-order chi connectivity index (χ1) is 10.1. The summed E-state index contributed by atoms with van der Waals surface area (Å²) < 4.78 is 12.0. The van der Waals surface area contributed by atoms with E-state index in [-0.39, 0.29) is 29.9 Å². The fraction of sp³-hybridized carbons (Fsp3) is 0.600. The largest absolute Gasteiger partial charge is 0.491 e. The highest BCUT2D eigenvalue weighted by atomic mass is 16.5. The zero-order chi connectivity index (χ0) is 15.2. The van der Waals surface area contributed by atoms with Crippen molar-refractivity contribution >= 4 is 5.91 Å². The van der Waals surface area contributed by atoms with Crippen molar-refractivity contribution in [3.8, 4) is 5.75 Å². The molecule has 6 heteroatoms. The van der Waals surface area contributed by atoms with Gasteiger partial charge in [-0.15, -0.1) is 0 Å². The predicted octanol–water partition coefficient (Wildman–Crippen LogP) is 0.884. The Kier molecular flexibility index (Phi) is 5.38. The molecule has 0 bridgehead atoms. The summed E-state index contributed by atoms with van der Waals surface area (Å²) >= 11 is 0. The van der Waals surface area contributed by atoms with Crippen molar-refractivity contribution in [3.63, 3.8) is 0 Å². The number of pyridine rings is 1. The van der Waals surface area contributed by atoms with Crippen LogP contribution in [0.5, 0.6) is 5.75 Å². The number of aromatic nitrogens is 1. The standard InChI is InChI=1S/C15H22N2O4/c1-16(10-12-6-3-4-9-21-12)14(18)11-17-8-5-7-13(20-2)15(17)19/h5,7-8,12H,3-4,6,9-11H2,1-2H3. The molecule has 1 fully saturated rings. The predicted molar refractivity (Wildman–Crippen MR) is 78.5 cm³/mol. The van der Waals surface area contributed by atoms with Crippen molar-refractivity contribution in [2.45, 2.75) is 31.9 Å². The first kappa shape index (κ1) is 15.6. The molecule has 1 amide bonds. The van der Waals surface area contributed by atoms with E-state index in [1.54, 1.807) is 30.3 Å². The number of hydrogen-bond donors (Lipinski definition) is 0. The molecule has 2 heterocycles. The maximum Gasteiger partial charge on any atom is 0.293 e. The van der Waals surface area contributed by atoms with Gasteiger partial charge in [-0.05, 0) is 31.4 Å². The minimum absolute atomic E-state index is 0.0131. The summed E-state index contributed by atoms with van der Waals surface area (Å²) in [5.74, 6) is 0.128. The molecule has 0 saturated carbocycles. The van der Waals surface area contributed by atoms with Crippen LogP contribution in [-0.4, -0.2) is 48.8 Å². The van der Waals surface area contributed by atoms with E-state index >= 15 is 0 Å². The van der Waals surface area contributed by atoms with E-state index in [4.69, 9.17) is 9.47 Å². The SMILES string of the molecule is COc1cccn(CC(=O)N(C)CC2CCCCO2)c1=O. The van der Waals surface area contributed by atoms with Crippen molar-refractivity contribution in [1.29, 1.82) is 0 Å². The van der Waals surface area contributed by atoms with E-state index in [1.807, 2.05) is 0 Å². The van der Waals surface area contributed by atoms with Crippen molar-refractivity contribution in [3.05, 3.63) is 28.7 Å². The number of amides is 1. The molecule has 6 nitrogen and oxygen atoms in total. The van der Waals surface area contributed by atoms with Gasteiger partial charge in [-0.2, -0.15) is 0 Å². The van der Waals surface area contributed by atoms with Crippen LogP contribution in [0.4, 0.5) is 0 Å². The fourth-order valence-electron chi connectivity index (χ4n) is 2.42. The summed E-state index contributed by atoms with van der Waals surface area (Å²) in [5, 5.41) is 0. The molecule has 1 saturated heterocycles. The summed E-state index contributed by atoms with van der Waals surface area (Å²) in [6.07, 6.45) is 4.91. The molecule has 1 atom stereocenters. The smallest absolute Gasteiger partial charge is 0.293 e. The lowest BCUT2D eigenvalue weighted by molar-refractivity contribution is -0.133. The number of nitrogens with zero attached hydrogens (tertiary/aromatic N) is 2. The average Bonchev–Trinajstić information content (AvgIpc) is 2.50. The second kappa shape index (κ2) is 7.26. The molecule has 0 N–H and O–H groups in total. The first-order valence-corrected chi connectivity index (χ1v) is 7.21. The molecule has 1 aliphatic heterocycles. The third-order valence-corrected chi connectivity index (χ3v) is 3.69. The maximum atomic E-state index is 12.2. The van der Waals surface area contributed by atoms with E-state index in [0.29, 0.717) is 6.54 Å². The highest BCUT2D eigenvalue weighted by Gasteiger charge is 2.19. The van der Waals surface area contributed by atoms with Crippen LogP contribution in [0.15, 0.2) is 23.1 Å². The maximum absolute atomic E-state index is 12.2. The van der Waals surface area contributed by atoms with Crippen molar-refractivity contribution < 1.29 is 14.3 Å². The molecule has 1 unspecified atom stereocenters. The lowest BCUT2D eigenvalue weighted by Crippen LogP contribution is -2.40. The fourth-order valence-corrected chi connectivity index (χ4v) is 2.42. The Morgan fingerprint density at radius 3 is 3.00 bits per heavy atom. The van der Waals surface area contributed by atoms with Crippen LogP contribution >= 0.6 is 0 Å². The third-order valence-electron chi connectivity index (χ3n) is 3.69. The molecule has 1 aromatic heterocycles. The van der Waals surface area contributed by atoms with Crippen LogP contribution in [0.25, 0.3) is 0 Å². The minimum atomic E-state index is -0.296. The first-order valence-electron chi connectivity index (χ1n) is 7.21. The summed E-state index contributed by atoms with van der Waals surface area (Å²) in [6, 6.07) is 3.28. The Balaban J connectivity index is 1.95. The van der Waals surface area contributed by atoms with Crippen LogP contribution in [0.1, 0.15) is 19.3 Å². The highest BCUT2D eigenvalue weighted by Crippen LogP contribution is 2.13. The van der Waals surface area contributed by atoms with E-state index in [9.17, 15) is 9.59 Å². The van der Waals surface area contributed by atoms with Gasteiger partial charge < -0.3 is 18.9 Å². The van der Waals surface area contributed by atoms with Gasteiger partial charge in [0, 0.05) is 26.4 Å². The second-order valence-corrected chi connectivity index (χ2v) is 5.27. The van der Waals surface area contributed by atoms with Crippen molar-refractivity contribution in [2.24, 2.45) is 0 Å². The van der Waals surface area contributed by atoms with Gasteiger partial charge in [0.05, 0.1) is 13.2 Å². The Morgan fingerprint density at radius 1 is 1.52 bits per heavy atom. The molecule has 2 rings (SSSR count). The van der Waals surface area contributed by atoms with E-state index in [0.717, 1.165) is 25.9 Å². The van der Waals surface area contributed by atoms with Gasteiger partial charge in [-0.1, -0.05) is 0 Å². The Bertz CT molecular complexity index is 535. The Labute approximate surface area is 124 Å². The number of likely N-dealkylation sites (N-methyl/N-ethyl adjacent to an activating group) is 1. The molecule has 1 aromatic rings. The normalized spacial score (nSPS) is 18.3. The van der Waals surface area contributed by atoms with Crippen molar-refractivity contribution in [2.75, 3.05) is 27.3 Å². The molecule has 116 valence electrons. The molecule has 0 aromatic carbocycles. The second-order valence-electron chi connectivity index (χ2n) is 5.27. The Hall–Kier alpha value is -1.82. The highest BCUT2D eigenvalue weighted by molar-refractivity contribution is 5.75. The molecule has 1 aliphatic rings. The van der Waals surface area contributed by atoms with E-state index < -0.39 is 0 Å². The van der Waals surface area contributed by atoms with E-state index in [1.165, 1.54) is 11.7 Å². The number of ether oxygens (including phenoxy) is 2. The van der Waals surface area contributed by atoms with Gasteiger partial charge in [0.2, 0.25) is 5.91 Å². The van der Waals surface area contributed by atoms with Crippen LogP contribution in [0.2, 0.25) is 0 Å². The number of rotatable bonds is 5. The average molecular weight is 294 g/mol. The zero-order valence-electron chi connectivity index (χ0n) is 12.6. The topological polar surface area (TPSA) is 60.8 Å². The molecule has 0 radical (unpaired) electrons. The molecular formula is C15H22N2O4. The quantitative estimate of drug-likeness (QED) is 0.809.